The van der Waals surface area contributed by atoms with E-state index in [0.717, 1.165) is 12.1 Å². The number of hydrogen-bond acceptors (Lipinski definition) is 3. The van der Waals surface area contributed by atoms with E-state index < -0.39 is 0 Å². The molecule has 3 atom stereocenters. The molecule has 2 rings (SSSR count). The summed E-state index contributed by atoms with van der Waals surface area (Å²) in [6, 6.07) is 6.03. The van der Waals surface area contributed by atoms with Crippen LogP contribution < -0.4 is 10.6 Å². The van der Waals surface area contributed by atoms with Crippen molar-refractivity contribution in [3.63, 3.8) is 0 Å². The number of hydrogen-bond donors (Lipinski definition) is 2. The number of carbonyl (C=O) groups excluding carboxylic acids is 1. The molecule has 1 heterocycles. The van der Waals surface area contributed by atoms with Crippen molar-refractivity contribution in [2.45, 2.75) is 45.9 Å². The molecule has 0 radical (unpaired) electrons. The van der Waals surface area contributed by atoms with Crippen LogP contribution in [-0.4, -0.2) is 31.2 Å². The molecule has 20 heavy (non-hydrogen) atoms. The van der Waals surface area contributed by atoms with Crippen LogP contribution in [0.5, 0.6) is 0 Å². The highest BCUT2D eigenvalue weighted by Crippen LogP contribution is 2.17. The molecular weight excluding hydrogens is 252 g/mol. The van der Waals surface area contributed by atoms with Crippen LogP contribution in [0.2, 0.25) is 0 Å². The first-order valence-electron chi connectivity index (χ1n) is 7.21. The molecule has 1 aliphatic heterocycles. The predicted molar refractivity (Wildman–Crippen MR) is 79.7 cm³/mol. The van der Waals surface area contributed by atoms with Gasteiger partial charge in [-0.05, 0) is 44.4 Å². The third kappa shape index (κ3) is 3.38. The van der Waals surface area contributed by atoms with Crippen LogP contribution in [0.1, 0.15) is 36.6 Å². The van der Waals surface area contributed by atoms with Crippen LogP contribution in [0.15, 0.2) is 18.2 Å². The largest absolute Gasteiger partial charge is 0.375 e. The summed E-state index contributed by atoms with van der Waals surface area (Å²) >= 11 is 0. The maximum absolute atomic E-state index is 12.3. The SMILES string of the molecule is Cc1ccc(C(C)NC(=O)[C@H]2NCCO[C@@H]2C)cc1C. The van der Waals surface area contributed by atoms with E-state index in [4.69, 9.17) is 4.74 Å². The first-order valence-corrected chi connectivity index (χ1v) is 7.21. The molecule has 4 heteroatoms. The minimum absolute atomic E-state index is 0.00211. The number of benzene rings is 1. The highest BCUT2D eigenvalue weighted by molar-refractivity contribution is 5.82. The fourth-order valence-electron chi connectivity index (χ4n) is 2.45. The minimum Gasteiger partial charge on any atom is -0.375 e. The maximum atomic E-state index is 12.3. The van der Waals surface area contributed by atoms with Gasteiger partial charge in [-0.15, -0.1) is 0 Å². The number of carbonyl (C=O) groups is 1. The fraction of sp³-hybridized carbons (Fsp3) is 0.562. The smallest absolute Gasteiger partial charge is 0.240 e. The summed E-state index contributed by atoms with van der Waals surface area (Å²) in [4.78, 5) is 12.3. The van der Waals surface area contributed by atoms with Crippen molar-refractivity contribution in [3.05, 3.63) is 34.9 Å². The highest BCUT2D eigenvalue weighted by Gasteiger charge is 2.29. The van der Waals surface area contributed by atoms with E-state index in [-0.39, 0.29) is 24.1 Å². The van der Waals surface area contributed by atoms with Gasteiger partial charge in [-0.1, -0.05) is 18.2 Å². The van der Waals surface area contributed by atoms with E-state index in [2.05, 4.69) is 42.7 Å². The Labute approximate surface area is 120 Å². The molecule has 4 nitrogen and oxygen atoms in total. The van der Waals surface area contributed by atoms with E-state index in [9.17, 15) is 4.79 Å². The summed E-state index contributed by atoms with van der Waals surface area (Å²) in [5.41, 5.74) is 3.64. The van der Waals surface area contributed by atoms with Gasteiger partial charge < -0.3 is 15.4 Å². The van der Waals surface area contributed by atoms with Crippen LogP contribution in [-0.2, 0) is 9.53 Å². The highest BCUT2D eigenvalue weighted by atomic mass is 16.5. The summed E-state index contributed by atoms with van der Waals surface area (Å²) in [5.74, 6) is 0.00271. The standard InChI is InChI=1S/C16H24N2O2/c1-10-5-6-14(9-11(10)2)12(3)18-16(19)15-13(4)20-8-7-17-15/h5-6,9,12-13,15,17H,7-8H2,1-4H3,(H,18,19)/t12?,13-,15+/m1/s1. The van der Waals surface area contributed by atoms with E-state index in [1.165, 1.54) is 11.1 Å². The third-order valence-electron chi connectivity index (χ3n) is 3.99. The number of nitrogens with one attached hydrogen (secondary N) is 2. The molecular formula is C16H24N2O2. The topological polar surface area (TPSA) is 50.4 Å². The van der Waals surface area contributed by atoms with Crippen molar-refractivity contribution in [3.8, 4) is 0 Å². The monoisotopic (exact) mass is 276 g/mol. The van der Waals surface area contributed by atoms with Crippen molar-refractivity contribution in [1.82, 2.24) is 10.6 Å². The molecule has 2 N–H and O–H groups in total. The Balaban J connectivity index is 2.01. The van der Waals surface area contributed by atoms with Gasteiger partial charge in [0.1, 0.15) is 6.04 Å². The van der Waals surface area contributed by atoms with E-state index >= 15 is 0 Å². The molecule has 1 unspecified atom stereocenters. The lowest BCUT2D eigenvalue weighted by molar-refractivity contribution is -0.129. The zero-order chi connectivity index (χ0) is 14.7. The molecule has 1 fully saturated rings. The van der Waals surface area contributed by atoms with Gasteiger partial charge in [-0.2, -0.15) is 0 Å². The van der Waals surface area contributed by atoms with Crippen LogP contribution in [0, 0.1) is 13.8 Å². The first-order chi connectivity index (χ1) is 9.49. The lowest BCUT2D eigenvalue weighted by Crippen LogP contribution is -2.55. The lowest BCUT2D eigenvalue weighted by atomic mass is 10.0. The second kappa shape index (κ2) is 6.37. The van der Waals surface area contributed by atoms with Crippen LogP contribution in [0.3, 0.4) is 0 Å². The average molecular weight is 276 g/mol. The van der Waals surface area contributed by atoms with Gasteiger partial charge in [0.15, 0.2) is 0 Å². The quantitative estimate of drug-likeness (QED) is 0.886. The summed E-state index contributed by atoms with van der Waals surface area (Å²) in [5, 5.41) is 6.27. The Hall–Kier alpha value is -1.39. The molecule has 0 spiro atoms. The van der Waals surface area contributed by atoms with Gasteiger partial charge in [-0.3, -0.25) is 4.79 Å². The third-order valence-corrected chi connectivity index (χ3v) is 3.99. The average Bonchev–Trinajstić information content (AvgIpc) is 2.42. The number of morpholine rings is 1. The van der Waals surface area contributed by atoms with Gasteiger partial charge in [-0.25, -0.2) is 0 Å². The molecule has 1 amide bonds. The van der Waals surface area contributed by atoms with Crippen molar-refractivity contribution in [2.24, 2.45) is 0 Å². The van der Waals surface area contributed by atoms with E-state index in [1.54, 1.807) is 0 Å². The Kier molecular flexibility index (Phi) is 4.78. The zero-order valence-electron chi connectivity index (χ0n) is 12.7. The number of amides is 1. The van der Waals surface area contributed by atoms with Crippen molar-refractivity contribution in [1.29, 1.82) is 0 Å². The second-order valence-corrected chi connectivity index (χ2v) is 5.58. The van der Waals surface area contributed by atoms with Crippen LogP contribution >= 0.6 is 0 Å². The molecule has 1 aromatic rings. The number of ether oxygens (including phenoxy) is 1. The fourth-order valence-corrected chi connectivity index (χ4v) is 2.45. The molecule has 0 bridgehead atoms. The molecule has 1 aliphatic rings. The molecule has 110 valence electrons. The Bertz CT molecular complexity index is 487. The summed E-state index contributed by atoms with van der Waals surface area (Å²) in [6.45, 7) is 9.50. The van der Waals surface area contributed by atoms with E-state index in [1.807, 2.05) is 13.8 Å². The lowest BCUT2D eigenvalue weighted by Gasteiger charge is -2.30. The molecule has 1 saturated heterocycles. The first kappa shape index (κ1) is 15.0. The van der Waals surface area contributed by atoms with Gasteiger partial charge in [0.2, 0.25) is 5.91 Å². The second-order valence-electron chi connectivity index (χ2n) is 5.58. The number of rotatable bonds is 3. The molecule has 0 saturated carbocycles. The summed E-state index contributed by atoms with van der Waals surface area (Å²) < 4.78 is 5.51. The van der Waals surface area contributed by atoms with Gasteiger partial charge in [0.05, 0.1) is 18.8 Å². The normalized spacial score (nSPS) is 24.2. The molecule has 0 aromatic heterocycles. The predicted octanol–water partition coefficient (Wildman–Crippen LogP) is 1.86. The molecule has 0 aliphatic carbocycles. The molecule has 1 aromatic carbocycles. The number of aryl methyl sites for hydroxylation is 2. The minimum atomic E-state index is -0.266. The summed E-state index contributed by atoms with van der Waals surface area (Å²) in [7, 11) is 0. The van der Waals surface area contributed by atoms with Gasteiger partial charge >= 0.3 is 0 Å². The van der Waals surface area contributed by atoms with Crippen molar-refractivity contribution < 1.29 is 9.53 Å². The van der Waals surface area contributed by atoms with Gasteiger partial charge in [0.25, 0.3) is 0 Å². The van der Waals surface area contributed by atoms with Gasteiger partial charge in [0, 0.05) is 6.54 Å². The van der Waals surface area contributed by atoms with Crippen molar-refractivity contribution >= 4 is 5.91 Å². The zero-order valence-corrected chi connectivity index (χ0v) is 12.7. The van der Waals surface area contributed by atoms with Crippen molar-refractivity contribution in [2.75, 3.05) is 13.2 Å². The Morgan fingerprint density at radius 1 is 1.40 bits per heavy atom. The maximum Gasteiger partial charge on any atom is 0.240 e. The van der Waals surface area contributed by atoms with Crippen LogP contribution in [0.25, 0.3) is 0 Å². The van der Waals surface area contributed by atoms with Crippen LogP contribution in [0.4, 0.5) is 0 Å². The summed E-state index contributed by atoms with van der Waals surface area (Å²) in [6.07, 6.45) is -0.0873. The van der Waals surface area contributed by atoms with E-state index in [0.29, 0.717) is 6.61 Å². The Morgan fingerprint density at radius 3 is 2.80 bits per heavy atom. The Morgan fingerprint density at radius 2 is 2.15 bits per heavy atom.